The average molecular weight is 453 g/mol. The molecule has 0 radical (unpaired) electrons. The highest BCUT2D eigenvalue weighted by Gasteiger charge is 2.27. The van der Waals surface area contributed by atoms with Crippen molar-refractivity contribution in [3.63, 3.8) is 0 Å². The van der Waals surface area contributed by atoms with Crippen molar-refractivity contribution in [2.45, 2.75) is 36.5 Å². The Hall–Kier alpha value is -2.26. The van der Waals surface area contributed by atoms with Gasteiger partial charge in [-0.3, -0.25) is 4.79 Å². The van der Waals surface area contributed by atoms with Crippen molar-refractivity contribution in [3.8, 4) is 6.07 Å². The van der Waals surface area contributed by atoms with E-state index in [0.29, 0.717) is 33.7 Å². The molecule has 3 nitrogen and oxygen atoms in total. The summed E-state index contributed by atoms with van der Waals surface area (Å²) in [7, 11) is 0. The largest absolute Gasteiger partial charge is 0.317 e. The van der Waals surface area contributed by atoms with Gasteiger partial charge in [0, 0.05) is 27.0 Å². The van der Waals surface area contributed by atoms with Gasteiger partial charge in [-0.15, -0.1) is 23.1 Å². The lowest BCUT2D eigenvalue weighted by Gasteiger charge is -2.22. The predicted molar refractivity (Wildman–Crippen MR) is 126 cm³/mol. The first-order valence-corrected chi connectivity index (χ1v) is 12.1. The molecule has 4 rings (SSSR count). The van der Waals surface area contributed by atoms with Crippen LogP contribution in [0.3, 0.4) is 0 Å². The number of hydrogen-bond acceptors (Lipinski definition) is 4. The minimum Gasteiger partial charge on any atom is -0.317 e. The number of thiophene rings is 1. The van der Waals surface area contributed by atoms with E-state index in [0.717, 1.165) is 29.7 Å². The minimum absolute atomic E-state index is 0.0498. The van der Waals surface area contributed by atoms with Crippen molar-refractivity contribution >= 4 is 45.6 Å². The molecular formula is C24H21ClN2OS2. The zero-order chi connectivity index (χ0) is 20.9. The number of fused-ring (bicyclic) bond motifs is 1. The number of rotatable bonds is 6. The quantitative estimate of drug-likeness (QED) is 0.425. The molecule has 1 unspecified atom stereocenters. The Bertz CT molecular complexity index is 1070. The highest BCUT2D eigenvalue weighted by Crippen LogP contribution is 2.42. The summed E-state index contributed by atoms with van der Waals surface area (Å²) in [5.41, 5.74) is 3.13. The van der Waals surface area contributed by atoms with E-state index in [4.69, 9.17) is 11.6 Å². The lowest BCUT2D eigenvalue weighted by atomic mass is 9.83. The van der Waals surface area contributed by atoms with Gasteiger partial charge in [-0.05, 0) is 60.6 Å². The number of carbonyl (C=O) groups is 1. The fraction of sp³-hybridized carbons (Fsp3) is 0.250. The first-order valence-electron chi connectivity index (χ1n) is 9.92. The standard InChI is InChI=1S/C24H21ClN2OS2/c25-18-7-9-19(10-8-18)29-13-12-23(28)27-24-21(15-26)20-11-6-17(14-22(20)30-24)16-4-2-1-3-5-16/h1-5,7-10,17H,6,11-14H2,(H,27,28). The van der Waals surface area contributed by atoms with Crippen LogP contribution in [0.15, 0.2) is 59.5 Å². The van der Waals surface area contributed by atoms with Gasteiger partial charge >= 0.3 is 0 Å². The van der Waals surface area contributed by atoms with Crippen molar-refractivity contribution in [1.82, 2.24) is 0 Å². The first-order chi connectivity index (χ1) is 14.6. The molecule has 1 heterocycles. The Morgan fingerprint density at radius 3 is 2.70 bits per heavy atom. The van der Waals surface area contributed by atoms with E-state index in [1.54, 1.807) is 23.1 Å². The van der Waals surface area contributed by atoms with Gasteiger partial charge in [-0.25, -0.2) is 0 Å². The number of carbonyl (C=O) groups excluding carboxylic acids is 1. The minimum atomic E-state index is -0.0498. The molecular weight excluding hydrogens is 432 g/mol. The summed E-state index contributed by atoms with van der Waals surface area (Å²) in [6.07, 6.45) is 3.25. The molecule has 0 saturated heterocycles. The molecule has 1 aromatic heterocycles. The zero-order valence-electron chi connectivity index (χ0n) is 16.4. The van der Waals surface area contributed by atoms with Crippen LogP contribution in [0.4, 0.5) is 5.00 Å². The van der Waals surface area contributed by atoms with Gasteiger partial charge in [0.1, 0.15) is 11.1 Å². The molecule has 1 aliphatic rings. The monoisotopic (exact) mass is 452 g/mol. The SMILES string of the molecule is N#Cc1c(NC(=O)CCSc2ccc(Cl)cc2)sc2c1CCC(c1ccccc1)C2. The third-order valence-electron chi connectivity index (χ3n) is 5.31. The van der Waals surface area contributed by atoms with E-state index < -0.39 is 0 Å². The summed E-state index contributed by atoms with van der Waals surface area (Å²) in [6, 6.07) is 20.5. The maximum atomic E-state index is 12.5. The van der Waals surface area contributed by atoms with Gasteiger partial charge in [0.2, 0.25) is 5.91 Å². The van der Waals surface area contributed by atoms with Crippen LogP contribution in [0.1, 0.15) is 40.3 Å². The molecule has 0 bridgehead atoms. The predicted octanol–water partition coefficient (Wildman–Crippen LogP) is 6.67. The van der Waals surface area contributed by atoms with Gasteiger partial charge in [-0.1, -0.05) is 41.9 Å². The molecule has 0 aliphatic heterocycles. The molecule has 152 valence electrons. The highest BCUT2D eigenvalue weighted by atomic mass is 35.5. The second-order valence-corrected chi connectivity index (χ2v) is 9.98. The Morgan fingerprint density at radius 1 is 1.20 bits per heavy atom. The number of thioether (sulfide) groups is 1. The third kappa shape index (κ3) is 4.89. The Balaban J connectivity index is 1.39. The average Bonchev–Trinajstić information content (AvgIpc) is 3.11. The molecule has 1 atom stereocenters. The van der Waals surface area contributed by atoms with Crippen molar-refractivity contribution < 1.29 is 4.79 Å². The Morgan fingerprint density at radius 2 is 1.97 bits per heavy atom. The van der Waals surface area contributed by atoms with E-state index >= 15 is 0 Å². The van der Waals surface area contributed by atoms with Crippen LogP contribution in [0, 0.1) is 11.3 Å². The molecule has 1 amide bonds. The second kappa shape index (κ2) is 9.70. The molecule has 0 spiro atoms. The number of nitrogens with one attached hydrogen (secondary N) is 1. The summed E-state index contributed by atoms with van der Waals surface area (Å²) in [6.45, 7) is 0. The van der Waals surface area contributed by atoms with Gasteiger partial charge < -0.3 is 5.32 Å². The van der Waals surface area contributed by atoms with E-state index in [-0.39, 0.29) is 5.91 Å². The van der Waals surface area contributed by atoms with Crippen LogP contribution in [0.2, 0.25) is 5.02 Å². The molecule has 0 saturated carbocycles. The maximum Gasteiger partial charge on any atom is 0.225 e. The molecule has 3 aromatic rings. The molecule has 1 N–H and O–H groups in total. The summed E-state index contributed by atoms with van der Waals surface area (Å²) >= 11 is 9.09. The van der Waals surface area contributed by atoms with E-state index in [2.05, 4.69) is 35.7 Å². The van der Waals surface area contributed by atoms with E-state index in [1.165, 1.54) is 10.4 Å². The number of nitriles is 1. The van der Waals surface area contributed by atoms with Crippen LogP contribution in [-0.2, 0) is 17.6 Å². The number of amides is 1. The van der Waals surface area contributed by atoms with Gasteiger partial charge in [0.25, 0.3) is 0 Å². The summed E-state index contributed by atoms with van der Waals surface area (Å²) in [4.78, 5) is 14.8. The smallest absolute Gasteiger partial charge is 0.225 e. The van der Waals surface area contributed by atoms with Crippen LogP contribution in [0.5, 0.6) is 0 Å². The highest BCUT2D eigenvalue weighted by molar-refractivity contribution is 7.99. The number of nitrogens with zero attached hydrogens (tertiary/aromatic N) is 1. The normalized spacial score (nSPS) is 15.3. The van der Waals surface area contributed by atoms with Gasteiger partial charge in [0.15, 0.2) is 0 Å². The third-order valence-corrected chi connectivity index (χ3v) is 7.75. The molecule has 6 heteroatoms. The zero-order valence-corrected chi connectivity index (χ0v) is 18.7. The number of hydrogen-bond donors (Lipinski definition) is 1. The summed E-state index contributed by atoms with van der Waals surface area (Å²) in [5.74, 6) is 1.10. The Labute approximate surface area is 190 Å². The van der Waals surface area contributed by atoms with Crippen molar-refractivity contribution in [2.75, 3.05) is 11.1 Å². The number of benzene rings is 2. The van der Waals surface area contributed by atoms with Gasteiger partial charge in [0.05, 0.1) is 5.56 Å². The molecule has 0 fully saturated rings. The first kappa shape index (κ1) is 21.0. The molecule has 2 aromatic carbocycles. The van der Waals surface area contributed by atoms with Crippen LogP contribution >= 0.6 is 34.7 Å². The maximum absolute atomic E-state index is 12.5. The lowest BCUT2D eigenvalue weighted by Crippen LogP contribution is -2.12. The van der Waals surface area contributed by atoms with E-state index in [1.807, 2.05) is 30.3 Å². The topological polar surface area (TPSA) is 52.9 Å². The molecule has 30 heavy (non-hydrogen) atoms. The van der Waals surface area contributed by atoms with Crippen LogP contribution in [0.25, 0.3) is 0 Å². The number of anilines is 1. The van der Waals surface area contributed by atoms with Gasteiger partial charge in [-0.2, -0.15) is 5.26 Å². The van der Waals surface area contributed by atoms with Crippen molar-refractivity contribution in [2.24, 2.45) is 0 Å². The summed E-state index contributed by atoms with van der Waals surface area (Å²) in [5, 5.41) is 14.1. The lowest BCUT2D eigenvalue weighted by molar-refractivity contribution is -0.115. The fourth-order valence-corrected chi connectivity index (χ4v) is 6.06. The fourth-order valence-electron chi connectivity index (χ4n) is 3.78. The molecule has 1 aliphatic carbocycles. The second-order valence-electron chi connectivity index (χ2n) is 7.27. The van der Waals surface area contributed by atoms with Crippen LogP contribution in [-0.4, -0.2) is 11.7 Å². The summed E-state index contributed by atoms with van der Waals surface area (Å²) < 4.78 is 0. The van der Waals surface area contributed by atoms with Crippen molar-refractivity contribution in [3.05, 3.63) is 81.2 Å². The van der Waals surface area contributed by atoms with Crippen molar-refractivity contribution in [1.29, 1.82) is 5.26 Å². The van der Waals surface area contributed by atoms with Crippen LogP contribution < -0.4 is 5.32 Å². The van der Waals surface area contributed by atoms with E-state index in [9.17, 15) is 10.1 Å². The number of halogens is 1. The Kier molecular flexibility index (Phi) is 6.79.